The second-order valence-corrected chi connectivity index (χ2v) is 5.36. The first-order valence-electron chi connectivity index (χ1n) is 7.41. The molecular formula is C16H24N2O3. The number of methoxy groups -OCH3 is 1. The molecule has 0 aromatic heterocycles. The molecule has 1 saturated heterocycles. The Balaban J connectivity index is 1.96. The van der Waals surface area contributed by atoms with Crippen molar-refractivity contribution in [3.63, 3.8) is 0 Å². The van der Waals surface area contributed by atoms with Crippen molar-refractivity contribution in [2.75, 3.05) is 40.0 Å². The minimum Gasteiger partial charge on any atom is -0.383 e. The SMILES string of the molecule is COCCNC(=O)NCC1(c2ccccc2)CCOCC1. The maximum atomic E-state index is 11.8. The number of carbonyl (C=O) groups is 1. The van der Waals surface area contributed by atoms with Crippen LogP contribution in [0.3, 0.4) is 0 Å². The molecule has 21 heavy (non-hydrogen) atoms. The zero-order valence-electron chi connectivity index (χ0n) is 12.6. The van der Waals surface area contributed by atoms with Crippen molar-refractivity contribution in [3.05, 3.63) is 35.9 Å². The van der Waals surface area contributed by atoms with E-state index < -0.39 is 0 Å². The van der Waals surface area contributed by atoms with Crippen LogP contribution in [0.15, 0.2) is 30.3 Å². The lowest BCUT2D eigenvalue weighted by Gasteiger charge is -2.38. The molecule has 1 aromatic carbocycles. The summed E-state index contributed by atoms with van der Waals surface area (Å²) < 4.78 is 10.4. The normalized spacial score (nSPS) is 17.2. The highest BCUT2D eigenvalue weighted by atomic mass is 16.5. The van der Waals surface area contributed by atoms with Gasteiger partial charge in [-0.05, 0) is 18.4 Å². The second kappa shape index (κ2) is 8.00. The summed E-state index contributed by atoms with van der Waals surface area (Å²) in [6.07, 6.45) is 1.85. The molecule has 2 amide bonds. The fraction of sp³-hybridized carbons (Fsp3) is 0.562. The Kier molecular flexibility index (Phi) is 6.02. The van der Waals surface area contributed by atoms with Gasteiger partial charge in [0.1, 0.15) is 0 Å². The predicted molar refractivity (Wildman–Crippen MR) is 81.5 cm³/mol. The summed E-state index contributed by atoms with van der Waals surface area (Å²) in [5, 5.41) is 5.77. The fourth-order valence-corrected chi connectivity index (χ4v) is 2.70. The van der Waals surface area contributed by atoms with Crippen molar-refractivity contribution in [2.45, 2.75) is 18.3 Å². The Morgan fingerprint density at radius 3 is 2.62 bits per heavy atom. The van der Waals surface area contributed by atoms with E-state index in [9.17, 15) is 4.79 Å². The Labute approximate surface area is 126 Å². The Bertz CT molecular complexity index is 430. The van der Waals surface area contributed by atoms with E-state index in [2.05, 4.69) is 22.8 Å². The van der Waals surface area contributed by atoms with E-state index in [1.807, 2.05) is 18.2 Å². The van der Waals surface area contributed by atoms with Gasteiger partial charge in [-0.15, -0.1) is 0 Å². The average Bonchev–Trinajstić information content (AvgIpc) is 2.55. The monoisotopic (exact) mass is 292 g/mol. The smallest absolute Gasteiger partial charge is 0.314 e. The third-order valence-corrected chi connectivity index (χ3v) is 4.02. The van der Waals surface area contributed by atoms with E-state index in [-0.39, 0.29) is 11.4 Å². The molecule has 116 valence electrons. The molecule has 2 N–H and O–H groups in total. The van der Waals surface area contributed by atoms with Crippen molar-refractivity contribution in [3.8, 4) is 0 Å². The molecule has 2 rings (SSSR count). The number of amides is 2. The number of hydrogen-bond acceptors (Lipinski definition) is 3. The quantitative estimate of drug-likeness (QED) is 0.784. The minimum atomic E-state index is -0.145. The van der Waals surface area contributed by atoms with Gasteiger partial charge in [0.2, 0.25) is 0 Å². The van der Waals surface area contributed by atoms with Crippen LogP contribution in [-0.2, 0) is 14.9 Å². The summed E-state index contributed by atoms with van der Waals surface area (Å²) in [5.74, 6) is 0. The topological polar surface area (TPSA) is 59.6 Å². The van der Waals surface area contributed by atoms with E-state index in [0.717, 1.165) is 26.1 Å². The molecule has 0 saturated carbocycles. The number of urea groups is 1. The molecule has 0 aliphatic carbocycles. The van der Waals surface area contributed by atoms with Gasteiger partial charge in [0.05, 0.1) is 6.61 Å². The average molecular weight is 292 g/mol. The van der Waals surface area contributed by atoms with Crippen molar-refractivity contribution < 1.29 is 14.3 Å². The van der Waals surface area contributed by atoms with Crippen LogP contribution in [-0.4, -0.2) is 46.1 Å². The molecule has 0 unspecified atom stereocenters. The van der Waals surface area contributed by atoms with Gasteiger partial charge >= 0.3 is 6.03 Å². The molecule has 1 aromatic rings. The van der Waals surface area contributed by atoms with Crippen LogP contribution in [0, 0.1) is 0 Å². The third kappa shape index (κ3) is 4.44. The molecule has 0 atom stereocenters. The fourth-order valence-electron chi connectivity index (χ4n) is 2.70. The van der Waals surface area contributed by atoms with Gasteiger partial charge in [0.15, 0.2) is 0 Å². The standard InChI is InChI=1S/C16H24N2O3/c1-20-12-9-17-15(19)18-13-16(7-10-21-11-8-16)14-5-3-2-4-6-14/h2-6H,7-13H2,1H3,(H2,17,18,19). The second-order valence-electron chi connectivity index (χ2n) is 5.36. The van der Waals surface area contributed by atoms with Gasteiger partial charge in [-0.3, -0.25) is 0 Å². The van der Waals surface area contributed by atoms with Crippen LogP contribution in [0.4, 0.5) is 4.79 Å². The van der Waals surface area contributed by atoms with E-state index in [1.54, 1.807) is 7.11 Å². The van der Waals surface area contributed by atoms with Crippen LogP contribution >= 0.6 is 0 Å². The molecule has 1 aliphatic heterocycles. The first-order chi connectivity index (χ1) is 10.3. The molecule has 0 radical (unpaired) electrons. The maximum Gasteiger partial charge on any atom is 0.314 e. The van der Waals surface area contributed by atoms with Gasteiger partial charge in [0.25, 0.3) is 0 Å². The lowest BCUT2D eigenvalue weighted by atomic mass is 9.74. The summed E-state index contributed by atoms with van der Waals surface area (Å²) in [4.78, 5) is 11.8. The van der Waals surface area contributed by atoms with Gasteiger partial charge in [-0.2, -0.15) is 0 Å². The molecule has 5 nitrogen and oxygen atoms in total. The molecule has 0 spiro atoms. The lowest BCUT2D eigenvalue weighted by molar-refractivity contribution is 0.0506. The molecular weight excluding hydrogens is 268 g/mol. The summed E-state index contributed by atoms with van der Waals surface area (Å²) in [5.41, 5.74) is 1.24. The number of nitrogens with one attached hydrogen (secondary N) is 2. The first-order valence-corrected chi connectivity index (χ1v) is 7.41. The molecule has 1 heterocycles. The van der Waals surface area contributed by atoms with Gasteiger partial charge in [-0.1, -0.05) is 30.3 Å². The predicted octanol–water partition coefficient (Wildman–Crippen LogP) is 1.68. The number of ether oxygens (including phenoxy) is 2. The highest BCUT2D eigenvalue weighted by Gasteiger charge is 2.34. The first kappa shape index (κ1) is 15.8. The minimum absolute atomic E-state index is 0.0297. The largest absolute Gasteiger partial charge is 0.383 e. The van der Waals surface area contributed by atoms with Crippen molar-refractivity contribution in [2.24, 2.45) is 0 Å². The van der Waals surface area contributed by atoms with Crippen LogP contribution in [0.1, 0.15) is 18.4 Å². The molecule has 1 aliphatic rings. The summed E-state index contributed by atoms with van der Waals surface area (Å²) in [6, 6.07) is 10.2. The summed E-state index contributed by atoms with van der Waals surface area (Å²) in [7, 11) is 1.62. The van der Waals surface area contributed by atoms with Crippen LogP contribution < -0.4 is 10.6 Å². The number of hydrogen-bond donors (Lipinski definition) is 2. The highest BCUT2D eigenvalue weighted by Crippen LogP contribution is 2.34. The van der Waals surface area contributed by atoms with E-state index in [1.165, 1.54) is 5.56 Å². The summed E-state index contributed by atoms with van der Waals surface area (Å²) in [6.45, 7) is 3.14. The van der Waals surface area contributed by atoms with E-state index >= 15 is 0 Å². The van der Waals surface area contributed by atoms with Crippen molar-refractivity contribution >= 4 is 6.03 Å². The third-order valence-electron chi connectivity index (χ3n) is 4.02. The number of rotatable bonds is 6. The zero-order valence-corrected chi connectivity index (χ0v) is 12.6. The van der Waals surface area contributed by atoms with Crippen molar-refractivity contribution in [1.29, 1.82) is 0 Å². The molecule has 5 heteroatoms. The van der Waals surface area contributed by atoms with Crippen molar-refractivity contribution in [1.82, 2.24) is 10.6 Å². The van der Waals surface area contributed by atoms with Crippen LogP contribution in [0.2, 0.25) is 0 Å². The lowest BCUT2D eigenvalue weighted by Crippen LogP contribution is -2.47. The summed E-state index contributed by atoms with van der Waals surface area (Å²) >= 11 is 0. The van der Waals surface area contributed by atoms with Gasteiger partial charge in [-0.25, -0.2) is 4.79 Å². The number of benzene rings is 1. The Morgan fingerprint density at radius 2 is 1.95 bits per heavy atom. The van der Waals surface area contributed by atoms with E-state index in [4.69, 9.17) is 9.47 Å². The van der Waals surface area contributed by atoms with Gasteiger partial charge < -0.3 is 20.1 Å². The van der Waals surface area contributed by atoms with Crippen LogP contribution in [0.25, 0.3) is 0 Å². The Morgan fingerprint density at radius 1 is 1.24 bits per heavy atom. The number of carbonyl (C=O) groups excluding carboxylic acids is 1. The molecule has 0 bridgehead atoms. The zero-order chi connectivity index (χ0) is 15.0. The van der Waals surface area contributed by atoms with Crippen LogP contribution in [0.5, 0.6) is 0 Å². The maximum absolute atomic E-state index is 11.8. The van der Waals surface area contributed by atoms with Gasteiger partial charge in [0, 0.05) is 38.8 Å². The highest BCUT2D eigenvalue weighted by molar-refractivity contribution is 5.73. The molecule has 1 fully saturated rings. The Hall–Kier alpha value is -1.59. The van der Waals surface area contributed by atoms with E-state index in [0.29, 0.717) is 19.7 Å².